The van der Waals surface area contributed by atoms with Crippen LogP contribution in [0.3, 0.4) is 0 Å². The molecule has 1 saturated carbocycles. The van der Waals surface area contributed by atoms with Gasteiger partial charge < -0.3 is 5.32 Å². The standard InChI is InChI=1S/C18H28IN/c1-13-8-10-16(12-17(13)19)20-15-7-5-6-14(9-11-15)18(2,3)4/h8,10,12,14-15,20H,5-7,9,11H2,1-4H3. The van der Waals surface area contributed by atoms with Crippen LogP contribution >= 0.6 is 22.6 Å². The topological polar surface area (TPSA) is 12.0 Å². The number of benzene rings is 1. The fourth-order valence-corrected chi connectivity index (χ4v) is 3.75. The van der Waals surface area contributed by atoms with Gasteiger partial charge in [-0.2, -0.15) is 0 Å². The SMILES string of the molecule is Cc1ccc(NC2CCCC(C(C)(C)C)CC2)cc1I. The third kappa shape index (κ3) is 4.37. The van der Waals surface area contributed by atoms with E-state index in [1.807, 2.05) is 0 Å². The molecule has 0 radical (unpaired) electrons. The predicted molar refractivity (Wildman–Crippen MR) is 97.3 cm³/mol. The quantitative estimate of drug-likeness (QED) is 0.486. The Balaban J connectivity index is 1.95. The van der Waals surface area contributed by atoms with E-state index in [1.165, 1.54) is 46.9 Å². The van der Waals surface area contributed by atoms with Crippen molar-refractivity contribution in [3.63, 3.8) is 0 Å². The molecule has 0 saturated heterocycles. The zero-order chi connectivity index (χ0) is 14.8. The number of anilines is 1. The first kappa shape index (κ1) is 16.1. The molecule has 0 spiro atoms. The second kappa shape index (κ2) is 6.67. The molecule has 2 atom stereocenters. The number of hydrogen-bond acceptors (Lipinski definition) is 1. The van der Waals surface area contributed by atoms with E-state index in [-0.39, 0.29) is 0 Å². The Bertz CT molecular complexity index is 447. The summed E-state index contributed by atoms with van der Waals surface area (Å²) < 4.78 is 1.36. The summed E-state index contributed by atoms with van der Waals surface area (Å²) >= 11 is 2.43. The van der Waals surface area contributed by atoms with Crippen molar-refractivity contribution in [2.24, 2.45) is 11.3 Å². The molecule has 2 heteroatoms. The van der Waals surface area contributed by atoms with E-state index in [2.05, 4.69) is 73.8 Å². The van der Waals surface area contributed by atoms with Crippen LogP contribution in [0.1, 0.15) is 58.4 Å². The molecule has 0 aliphatic heterocycles. The minimum absolute atomic E-state index is 0.466. The van der Waals surface area contributed by atoms with Crippen molar-refractivity contribution < 1.29 is 0 Å². The summed E-state index contributed by atoms with van der Waals surface area (Å²) in [6, 6.07) is 7.38. The highest BCUT2D eigenvalue weighted by molar-refractivity contribution is 14.1. The van der Waals surface area contributed by atoms with Gasteiger partial charge in [0.25, 0.3) is 0 Å². The van der Waals surface area contributed by atoms with Crippen LogP contribution in [0.2, 0.25) is 0 Å². The summed E-state index contributed by atoms with van der Waals surface area (Å²) in [4.78, 5) is 0. The summed E-state index contributed by atoms with van der Waals surface area (Å²) in [5.41, 5.74) is 3.12. The summed E-state index contributed by atoms with van der Waals surface area (Å²) in [5.74, 6) is 0.882. The average molecular weight is 385 g/mol. The maximum atomic E-state index is 3.76. The Morgan fingerprint density at radius 1 is 1.10 bits per heavy atom. The molecule has 2 rings (SSSR count). The van der Waals surface area contributed by atoms with Crippen LogP contribution in [0.25, 0.3) is 0 Å². The third-order valence-electron chi connectivity index (χ3n) is 4.74. The molecule has 2 unspecified atom stereocenters. The first-order chi connectivity index (χ1) is 9.36. The molecular formula is C18H28IN. The van der Waals surface area contributed by atoms with Gasteiger partial charge in [0.1, 0.15) is 0 Å². The molecule has 0 heterocycles. The Morgan fingerprint density at radius 2 is 1.85 bits per heavy atom. The first-order valence-electron chi connectivity index (χ1n) is 7.89. The normalized spacial score (nSPS) is 24.2. The highest BCUT2D eigenvalue weighted by atomic mass is 127. The molecule has 20 heavy (non-hydrogen) atoms. The van der Waals surface area contributed by atoms with E-state index in [9.17, 15) is 0 Å². The first-order valence-corrected chi connectivity index (χ1v) is 8.97. The molecule has 0 amide bonds. The van der Waals surface area contributed by atoms with E-state index in [4.69, 9.17) is 0 Å². The van der Waals surface area contributed by atoms with Gasteiger partial charge in [0.15, 0.2) is 0 Å². The molecule has 0 bridgehead atoms. The smallest absolute Gasteiger partial charge is 0.0353 e. The lowest BCUT2D eigenvalue weighted by molar-refractivity contribution is 0.214. The summed E-state index contributed by atoms with van der Waals surface area (Å²) in [7, 11) is 0. The molecule has 1 nitrogen and oxygen atoms in total. The van der Waals surface area contributed by atoms with Crippen LogP contribution < -0.4 is 5.32 Å². The molecule has 0 aromatic heterocycles. The van der Waals surface area contributed by atoms with Crippen molar-refractivity contribution in [3.05, 3.63) is 27.3 Å². The van der Waals surface area contributed by atoms with E-state index < -0.39 is 0 Å². The monoisotopic (exact) mass is 385 g/mol. The highest BCUT2D eigenvalue weighted by Crippen LogP contribution is 2.37. The van der Waals surface area contributed by atoms with Crippen LogP contribution in [0.15, 0.2) is 18.2 Å². The Labute approximate surface area is 138 Å². The maximum absolute atomic E-state index is 3.76. The molecule has 1 aliphatic rings. The van der Waals surface area contributed by atoms with Crippen LogP contribution in [0.5, 0.6) is 0 Å². The lowest BCUT2D eigenvalue weighted by Crippen LogP contribution is -2.21. The van der Waals surface area contributed by atoms with Crippen LogP contribution in [-0.4, -0.2) is 6.04 Å². The average Bonchev–Trinajstić information content (AvgIpc) is 2.59. The van der Waals surface area contributed by atoms with Gasteiger partial charge in [-0.3, -0.25) is 0 Å². The molecule has 1 fully saturated rings. The molecule has 1 aromatic carbocycles. The number of nitrogens with one attached hydrogen (secondary N) is 1. The zero-order valence-electron chi connectivity index (χ0n) is 13.3. The van der Waals surface area contributed by atoms with Crippen molar-refractivity contribution >= 4 is 28.3 Å². The van der Waals surface area contributed by atoms with Crippen molar-refractivity contribution in [2.75, 3.05) is 5.32 Å². The van der Waals surface area contributed by atoms with Gasteiger partial charge in [0.05, 0.1) is 0 Å². The van der Waals surface area contributed by atoms with E-state index in [1.54, 1.807) is 0 Å². The number of aryl methyl sites for hydroxylation is 1. The summed E-state index contributed by atoms with van der Waals surface area (Å²) in [5, 5.41) is 3.76. The van der Waals surface area contributed by atoms with Crippen molar-refractivity contribution in [2.45, 2.75) is 65.8 Å². The number of hydrogen-bond donors (Lipinski definition) is 1. The van der Waals surface area contributed by atoms with Gasteiger partial charge in [-0.25, -0.2) is 0 Å². The predicted octanol–water partition coefficient (Wildman–Crippen LogP) is 6.01. The largest absolute Gasteiger partial charge is 0.382 e. The van der Waals surface area contributed by atoms with Gasteiger partial charge in [0, 0.05) is 15.3 Å². The summed E-state index contributed by atoms with van der Waals surface area (Å²) in [6.45, 7) is 9.36. The fraction of sp³-hybridized carbons (Fsp3) is 0.667. The molecule has 112 valence electrons. The van der Waals surface area contributed by atoms with Gasteiger partial charge in [0.2, 0.25) is 0 Å². The van der Waals surface area contributed by atoms with E-state index in [0.29, 0.717) is 11.5 Å². The maximum Gasteiger partial charge on any atom is 0.0353 e. The second-order valence-corrected chi connectivity index (χ2v) is 8.54. The molecule has 1 aliphatic carbocycles. The van der Waals surface area contributed by atoms with Gasteiger partial charge in [-0.15, -0.1) is 0 Å². The van der Waals surface area contributed by atoms with Crippen LogP contribution in [0, 0.1) is 21.8 Å². The van der Waals surface area contributed by atoms with Gasteiger partial charge >= 0.3 is 0 Å². The highest BCUT2D eigenvalue weighted by Gasteiger charge is 2.27. The minimum atomic E-state index is 0.466. The molecular weight excluding hydrogens is 357 g/mol. The van der Waals surface area contributed by atoms with E-state index in [0.717, 1.165) is 5.92 Å². The number of rotatable bonds is 2. The minimum Gasteiger partial charge on any atom is -0.382 e. The van der Waals surface area contributed by atoms with Gasteiger partial charge in [-0.1, -0.05) is 33.3 Å². The van der Waals surface area contributed by atoms with Crippen molar-refractivity contribution in [1.29, 1.82) is 0 Å². The zero-order valence-corrected chi connectivity index (χ0v) is 15.5. The third-order valence-corrected chi connectivity index (χ3v) is 5.90. The number of halogens is 1. The molecule has 1 N–H and O–H groups in total. The Hall–Kier alpha value is -0.250. The van der Waals surface area contributed by atoms with Crippen LogP contribution in [-0.2, 0) is 0 Å². The Kier molecular flexibility index (Phi) is 5.38. The van der Waals surface area contributed by atoms with Gasteiger partial charge in [-0.05, 0) is 84.2 Å². The van der Waals surface area contributed by atoms with Crippen molar-refractivity contribution in [1.82, 2.24) is 0 Å². The lowest BCUT2D eigenvalue weighted by Gasteiger charge is -2.29. The fourth-order valence-electron chi connectivity index (χ4n) is 3.23. The second-order valence-electron chi connectivity index (χ2n) is 7.38. The summed E-state index contributed by atoms with van der Waals surface area (Å²) in [6.07, 6.45) is 6.75. The Morgan fingerprint density at radius 3 is 2.50 bits per heavy atom. The van der Waals surface area contributed by atoms with Crippen LogP contribution in [0.4, 0.5) is 5.69 Å². The molecule has 1 aromatic rings. The van der Waals surface area contributed by atoms with Crippen molar-refractivity contribution in [3.8, 4) is 0 Å². The van der Waals surface area contributed by atoms with E-state index >= 15 is 0 Å². The lowest BCUT2D eigenvalue weighted by atomic mass is 9.76.